The highest BCUT2D eigenvalue weighted by Gasteiger charge is 2.28. The van der Waals surface area contributed by atoms with Crippen molar-refractivity contribution in [2.45, 2.75) is 164 Å². The minimum Gasteiger partial charge on any atom is -0.494 e. The van der Waals surface area contributed by atoms with Gasteiger partial charge in [0.25, 0.3) is 27.8 Å². The van der Waals surface area contributed by atoms with Crippen LogP contribution in [0.3, 0.4) is 0 Å². The first kappa shape index (κ1) is 103. The molecule has 5 aromatic carbocycles. The summed E-state index contributed by atoms with van der Waals surface area (Å²) in [5, 5.41) is 48.4. The summed E-state index contributed by atoms with van der Waals surface area (Å²) in [7, 11) is 16.1. The number of nitrogens with one attached hydrogen (secondary N) is 6. The number of pyridine rings is 5. The van der Waals surface area contributed by atoms with Gasteiger partial charge in [0.2, 0.25) is 0 Å². The fourth-order valence-corrected chi connectivity index (χ4v) is 18.8. The number of aromatic nitrogens is 15. The second kappa shape index (κ2) is 47.6. The maximum absolute atomic E-state index is 14.6. The fourth-order valence-electron chi connectivity index (χ4n) is 18.7. The number of aromatic amines is 5. The molecule has 15 aromatic rings. The van der Waals surface area contributed by atoms with E-state index in [-0.39, 0.29) is 33.5 Å². The van der Waals surface area contributed by atoms with Crippen LogP contribution in [0.15, 0.2) is 96.8 Å². The number of halogens is 2. The first-order chi connectivity index (χ1) is 66.0. The SMILES string of the molecule is COCCc1[nH]nc2c1c(=O)n(CCCN)c1ccc(Cl)cc21.Cc1[nH]nc2c1c(=O)n(CCCN)c1cc(F)c(OCCCN(C)C)cc21.Cc1[nH]nc2c1c(=O)n(CCCN)c1cc(N3CCCC3)c(OCC(C)CN(C)C)cc21.Cc1[nH]nc2c1c(=O)n(CCCN)c1ccc(OCCC3CCCN3C)cc21.Cc1cc2c(cc1NCCCN(C)C)c1n[nH]c(C)c1c(=O)n2CCCN. The minimum atomic E-state index is -0.486. The lowest BCUT2D eigenvalue weighted by Gasteiger charge is -2.25. The van der Waals surface area contributed by atoms with Crippen molar-refractivity contribution >= 4 is 132 Å². The summed E-state index contributed by atoms with van der Waals surface area (Å²) >= 11 is 6.14. The van der Waals surface area contributed by atoms with Gasteiger partial charge in [-0.05, 0) is 279 Å². The lowest BCUT2D eigenvalue weighted by Crippen LogP contribution is -2.26. The molecule has 12 heterocycles. The van der Waals surface area contributed by atoms with Crippen LogP contribution in [0.25, 0.3) is 109 Å². The topological polar surface area (TPSA) is 449 Å². The molecule has 0 radical (unpaired) electrons. The van der Waals surface area contributed by atoms with Gasteiger partial charge < -0.3 is 100 Å². The first-order valence-electron chi connectivity index (χ1n) is 48.0. The number of hydrogen-bond donors (Lipinski definition) is 11. The summed E-state index contributed by atoms with van der Waals surface area (Å²) in [4.78, 5) is 76.5. The molecule has 738 valence electrons. The van der Waals surface area contributed by atoms with E-state index in [9.17, 15) is 28.4 Å². The van der Waals surface area contributed by atoms with Gasteiger partial charge in [0.15, 0.2) is 11.6 Å². The number of likely N-dealkylation sites (tertiary alicyclic amines) is 1. The van der Waals surface area contributed by atoms with E-state index in [2.05, 4.69) is 149 Å². The summed E-state index contributed by atoms with van der Waals surface area (Å²) in [5.74, 6) is 1.78. The van der Waals surface area contributed by atoms with Crippen LogP contribution in [0.4, 0.5) is 15.8 Å². The number of benzene rings is 5. The maximum Gasteiger partial charge on any atom is 0.262 e. The number of nitrogens with two attached hydrogens (primary N) is 5. The molecule has 0 bridgehead atoms. The second-order valence-corrected chi connectivity index (χ2v) is 37.4. The Hall–Kier alpha value is -11.7. The molecule has 37 heteroatoms. The lowest BCUT2D eigenvalue weighted by molar-refractivity contribution is 0.201. The van der Waals surface area contributed by atoms with Gasteiger partial charge in [0.05, 0.1) is 92.3 Å². The zero-order chi connectivity index (χ0) is 98.0. The van der Waals surface area contributed by atoms with Crippen molar-refractivity contribution < 1.29 is 23.3 Å². The van der Waals surface area contributed by atoms with E-state index in [1.165, 1.54) is 38.3 Å². The number of aryl methyl sites for hydroxylation is 10. The van der Waals surface area contributed by atoms with Crippen LogP contribution in [0, 0.1) is 46.4 Å². The van der Waals surface area contributed by atoms with Crippen LogP contribution in [-0.4, -0.2) is 261 Å². The molecule has 137 heavy (non-hydrogen) atoms. The van der Waals surface area contributed by atoms with Crippen LogP contribution in [0.5, 0.6) is 17.2 Å². The summed E-state index contributed by atoms with van der Waals surface area (Å²) in [6.45, 7) is 26.4. The highest BCUT2D eigenvalue weighted by Crippen LogP contribution is 2.40. The Balaban J connectivity index is 0.000000145. The van der Waals surface area contributed by atoms with Gasteiger partial charge in [-0.25, -0.2) is 4.39 Å². The Kier molecular flexibility index (Phi) is 35.7. The number of nitrogens with zero attached hydrogens (tertiary/aromatic N) is 15. The average molecular weight is 1900 g/mol. The summed E-state index contributed by atoms with van der Waals surface area (Å²) in [6.07, 6.45) is 12.0. The highest BCUT2D eigenvalue weighted by molar-refractivity contribution is 6.31. The molecule has 0 amide bonds. The van der Waals surface area contributed by atoms with Crippen molar-refractivity contribution in [2.24, 2.45) is 34.6 Å². The molecular formula is C100H140ClFN26O9. The molecule has 2 fully saturated rings. The standard InChI is InChI=1S/C24H36N6O2.C21H29N5O2.C20H30N6O.C19H26FN5O2.C16H19ClN4O2/c1-16(14-28(3)4)15-32-21-12-18-19(13-20(21)29-9-5-6-10-29)30(11-7-8-25)24(31)22-17(2)26-27-23(18)22;1-14-19-20(24-23-14)17-13-16(28-12-8-15-5-3-10-25(15)2)6-7-18(17)26(21(19)27)11-4-9-22;1-13-11-17-15(12-16(13)22-8-6-9-25(3)4)19-18(14(2)23-24-19)20(27)26(17)10-5-7-21;1-12-17-18(23-22-12)13-10-16(27-9-5-7-24(2)3)14(20)11-15(13)25(19(17)26)8-4-6-21;1-23-8-5-12-14-15(20-19-12)11-9-10(17)3-4-13(11)21(16(14)22)7-2-6-18/h12-13,16H,5-11,14-15,25H2,1-4H3,(H,26,27);6-7,13,15H,3-5,8-12,22H2,1-2H3,(H,23,24);11-12,22H,5-10,21H2,1-4H3,(H,23,24);10-11H,4-9,21H2,1-3H3,(H,22,23);3-4,9H,2,5-8,18H2,1H3,(H,19,20). The zero-order valence-corrected chi connectivity index (χ0v) is 82.9. The van der Waals surface area contributed by atoms with Gasteiger partial charge in [-0.15, -0.1) is 0 Å². The Morgan fingerprint density at radius 1 is 0.482 bits per heavy atom. The molecular weight excluding hydrogens is 1760 g/mol. The van der Waals surface area contributed by atoms with Gasteiger partial charge in [0.1, 0.15) is 39.1 Å². The third kappa shape index (κ3) is 23.5. The van der Waals surface area contributed by atoms with Crippen molar-refractivity contribution in [2.75, 3.05) is 172 Å². The van der Waals surface area contributed by atoms with E-state index in [0.717, 1.165) is 185 Å². The molecule has 0 aliphatic carbocycles. The lowest BCUT2D eigenvalue weighted by atomic mass is 10.1. The van der Waals surface area contributed by atoms with Crippen LogP contribution in [0.1, 0.15) is 118 Å². The summed E-state index contributed by atoms with van der Waals surface area (Å²) < 4.78 is 46.7. The Bertz CT molecular complexity index is 6850. The third-order valence-corrected chi connectivity index (χ3v) is 25.9. The van der Waals surface area contributed by atoms with E-state index in [0.29, 0.717) is 187 Å². The number of methoxy groups -OCH3 is 1. The smallest absolute Gasteiger partial charge is 0.262 e. The molecule has 2 aliphatic heterocycles. The van der Waals surface area contributed by atoms with Crippen molar-refractivity contribution in [1.29, 1.82) is 0 Å². The van der Waals surface area contributed by atoms with Gasteiger partial charge in [-0.1, -0.05) is 18.5 Å². The Labute approximate surface area is 801 Å². The van der Waals surface area contributed by atoms with Gasteiger partial charge in [-0.2, -0.15) is 25.5 Å². The van der Waals surface area contributed by atoms with E-state index in [4.69, 9.17) is 59.2 Å². The Morgan fingerprint density at radius 2 is 0.927 bits per heavy atom. The van der Waals surface area contributed by atoms with Crippen molar-refractivity contribution in [3.8, 4) is 17.2 Å². The van der Waals surface area contributed by atoms with Crippen LogP contribution < -0.4 is 80.9 Å². The normalized spacial score (nSPS) is 13.8. The zero-order valence-electron chi connectivity index (χ0n) is 82.1. The highest BCUT2D eigenvalue weighted by atomic mass is 35.5. The number of anilines is 2. The van der Waals surface area contributed by atoms with Gasteiger partial charge in [0, 0.05) is 157 Å². The molecule has 35 nitrogen and oxygen atoms in total. The molecule has 2 saturated heterocycles. The van der Waals surface area contributed by atoms with Crippen molar-refractivity contribution in [3.05, 3.63) is 169 Å². The number of hydrogen-bond acceptors (Lipinski definition) is 25. The predicted octanol–water partition coefficient (Wildman–Crippen LogP) is 11.4. The van der Waals surface area contributed by atoms with Crippen molar-refractivity contribution in [3.63, 3.8) is 0 Å². The number of rotatable bonds is 38. The number of H-pyrrole nitrogens is 5. The molecule has 2 unspecified atom stereocenters. The molecule has 0 saturated carbocycles. The fraction of sp³-hybridized carbons (Fsp3) is 0.500. The van der Waals surface area contributed by atoms with Crippen molar-refractivity contribution in [1.82, 2.24) is 93.4 Å². The van der Waals surface area contributed by atoms with Crippen LogP contribution in [-0.2, 0) is 43.9 Å². The Morgan fingerprint density at radius 3 is 1.42 bits per heavy atom. The molecule has 2 atom stereocenters. The van der Waals surface area contributed by atoms with Crippen LogP contribution >= 0.6 is 11.6 Å². The molecule has 16 N–H and O–H groups in total. The van der Waals surface area contributed by atoms with E-state index in [1.807, 2.05) is 83.8 Å². The molecule has 17 rings (SSSR count). The molecule has 0 spiro atoms. The van der Waals surface area contributed by atoms with E-state index < -0.39 is 5.82 Å². The molecule has 10 aromatic heterocycles. The number of fused-ring (bicyclic) bond motifs is 15. The third-order valence-electron chi connectivity index (χ3n) is 25.7. The van der Waals surface area contributed by atoms with Crippen LogP contribution in [0.2, 0.25) is 5.02 Å². The monoisotopic (exact) mass is 1900 g/mol. The van der Waals surface area contributed by atoms with Gasteiger partial charge in [-0.3, -0.25) is 49.5 Å². The number of ether oxygens (including phenoxy) is 4. The summed E-state index contributed by atoms with van der Waals surface area (Å²) in [6, 6.07) is 23.5. The maximum atomic E-state index is 14.6. The summed E-state index contributed by atoms with van der Waals surface area (Å²) in [5.41, 5.74) is 42.6. The first-order valence-corrected chi connectivity index (χ1v) is 48.4. The van der Waals surface area contributed by atoms with Gasteiger partial charge >= 0.3 is 0 Å². The van der Waals surface area contributed by atoms with E-state index in [1.54, 1.807) is 35.3 Å². The van der Waals surface area contributed by atoms with E-state index >= 15 is 0 Å². The minimum absolute atomic E-state index is 0.00305. The molecule has 2 aliphatic rings. The second-order valence-electron chi connectivity index (χ2n) is 37.0. The predicted molar refractivity (Wildman–Crippen MR) is 553 cm³/mol. The average Bonchev–Trinajstić information content (AvgIpc) is 1.67. The quantitative estimate of drug-likeness (QED) is 0.0160. The largest absolute Gasteiger partial charge is 0.494 e.